The van der Waals surface area contributed by atoms with Crippen LogP contribution in [0.2, 0.25) is 0 Å². The number of pyridine rings is 1. The van der Waals surface area contributed by atoms with Crippen molar-refractivity contribution in [1.29, 1.82) is 0 Å². The molecule has 0 radical (unpaired) electrons. The molecule has 1 aromatic heterocycles. The number of rotatable bonds is 6. The monoisotopic (exact) mass is 336 g/mol. The lowest BCUT2D eigenvalue weighted by Crippen LogP contribution is -2.05. The van der Waals surface area contributed by atoms with Crippen LogP contribution in [-0.2, 0) is 0 Å². The molecule has 4 heteroatoms. The zero-order valence-electron chi connectivity index (χ0n) is 15.2. The topological polar surface area (TPSA) is 43.4 Å². The number of anilines is 1. The highest BCUT2D eigenvalue weighted by molar-refractivity contribution is 5.82. The lowest BCUT2D eigenvalue weighted by Gasteiger charge is -2.13. The molecule has 3 aromatic rings. The van der Waals surface area contributed by atoms with Crippen molar-refractivity contribution in [2.45, 2.75) is 33.8 Å². The number of fused-ring (bicyclic) bond motifs is 1. The van der Waals surface area contributed by atoms with Crippen LogP contribution in [-0.4, -0.2) is 17.6 Å². The van der Waals surface area contributed by atoms with Gasteiger partial charge in [0.05, 0.1) is 11.6 Å². The Kier molecular flexibility index (Phi) is 5.08. The Morgan fingerprint density at radius 2 is 1.88 bits per heavy atom. The van der Waals surface area contributed by atoms with Gasteiger partial charge in [0.25, 0.3) is 0 Å². The minimum Gasteiger partial charge on any atom is -0.491 e. The van der Waals surface area contributed by atoms with Crippen molar-refractivity contribution < 1.29 is 9.47 Å². The van der Waals surface area contributed by atoms with Gasteiger partial charge in [-0.25, -0.2) is 4.98 Å². The molecule has 1 heterocycles. The van der Waals surface area contributed by atoms with Gasteiger partial charge in [0.15, 0.2) is 0 Å². The summed E-state index contributed by atoms with van der Waals surface area (Å²) in [4.78, 5) is 4.60. The Morgan fingerprint density at radius 1 is 1.04 bits per heavy atom. The highest BCUT2D eigenvalue weighted by Gasteiger charge is 2.07. The SMILES string of the molecule is CCNc1ccc2nc(Oc3ccc(OC(C)C)cc3C)ccc2c1. The third kappa shape index (κ3) is 4.21. The van der Waals surface area contributed by atoms with E-state index in [1.807, 2.05) is 63.2 Å². The fourth-order valence-corrected chi connectivity index (χ4v) is 2.67. The number of aromatic nitrogens is 1. The van der Waals surface area contributed by atoms with Crippen LogP contribution < -0.4 is 14.8 Å². The lowest BCUT2D eigenvalue weighted by molar-refractivity contribution is 0.242. The van der Waals surface area contributed by atoms with Crippen LogP contribution in [0.1, 0.15) is 26.3 Å². The molecule has 4 nitrogen and oxygen atoms in total. The zero-order chi connectivity index (χ0) is 17.8. The molecule has 2 aromatic carbocycles. The van der Waals surface area contributed by atoms with Gasteiger partial charge in [-0.3, -0.25) is 0 Å². The summed E-state index contributed by atoms with van der Waals surface area (Å²) in [6.07, 6.45) is 0.153. The van der Waals surface area contributed by atoms with E-state index in [1.165, 1.54) is 0 Å². The van der Waals surface area contributed by atoms with Crippen LogP contribution in [0.15, 0.2) is 48.5 Å². The largest absolute Gasteiger partial charge is 0.491 e. The van der Waals surface area contributed by atoms with E-state index in [1.54, 1.807) is 0 Å². The maximum absolute atomic E-state index is 5.97. The van der Waals surface area contributed by atoms with Crippen molar-refractivity contribution in [2.75, 3.05) is 11.9 Å². The number of aryl methyl sites for hydroxylation is 1. The van der Waals surface area contributed by atoms with E-state index in [9.17, 15) is 0 Å². The molecule has 0 aliphatic rings. The van der Waals surface area contributed by atoms with Crippen LogP contribution in [0.5, 0.6) is 17.4 Å². The Balaban J connectivity index is 1.81. The van der Waals surface area contributed by atoms with Crippen LogP contribution in [0.4, 0.5) is 5.69 Å². The van der Waals surface area contributed by atoms with E-state index in [-0.39, 0.29) is 6.10 Å². The average Bonchev–Trinajstić information content (AvgIpc) is 2.57. The highest BCUT2D eigenvalue weighted by Crippen LogP contribution is 2.29. The Labute approximate surface area is 148 Å². The summed E-state index contributed by atoms with van der Waals surface area (Å²) < 4.78 is 11.7. The van der Waals surface area contributed by atoms with Crippen molar-refractivity contribution in [2.24, 2.45) is 0 Å². The van der Waals surface area contributed by atoms with Gasteiger partial charge in [-0.05, 0) is 75.7 Å². The first-order valence-electron chi connectivity index (χ1n) is 8.65. The predicted molar refractivity (Wildman–Crippen MR) is 103 cm³/mol. The summed E-state index contributed by atoms with van der Waals surface area (Å²) in [6, 6.07) is 15.9. The maximum Gasteiger partial charge on any atom is 0.219 e. The first-order chi connectivity index (χ1) is 12.0. The Morgan fingerprint density at radius 3 is 2.60 bits per heavy atom. The fraction of sp³-hybridized carbons (Fsp3) is 0.286. The standard InChI is InChI=1S/C21H24N2O2/c1-5-22-17-7-9-19-16(13-17)6-11-21(23-19)25-20-10-8-18(12-15(20)4)24-14(2)3/h6-14,22H,5H2,1-4H3. The number of nitrogens with one attached hydrogen (secondary N) is 1. The van der Waals surface area contributed by atoms with Crippen molar-refractivity contribution >= 4 is 16.6 Å². The van der Waals surface area contributed by atoms with Gasteiger partial charge in [-0.2, -0.15) is 0 Å². The highest BCUT2D eigenvalue weighted by atomic mass is 16.5. The van der Waals surface area contributed by atoms with E-state index in [4.69, 9.17) is 9.47 Å². The van der Waals surface area contributed by atoms with E-state index in [0.29, 0.717) is 5.88 Å². The molecule has 0 spiro atoms. The third-order valence-corrected chi connectivity index (χ3v) is 3.78. The summed E-state index contributed by atoms with van der Waals surface area (Å²) in [6.45, 7) is 9.02. The molecular weight excluding hydrogens is 312 g/mol. The van der Waals surface area contributed by atoms with Gasteiger partial charge >= 0.3 is 0 Å². The van der Waals surface area contributed by atoms with E-state index < -0.39 is 0 Å². The molecular formula is C21H24N2O2. The molecule has 0 saturated heterocycles. The zero-order valence-corrected chi connectivity index (χ0v) is 15.2. The summed E-state index contributed by atoms with van der Waals surface area (Å²) >= 11 is 0. The Hall–Kier alpha value is -2.75. The van der Waals surface area contributed by atoms with E-state index >= 15 is 0 Å². The molecule has 0 bridgehead atoms. The normalized spacial score (nSPS) is 10.9. The predicted octanol–water partition coefficient (Wildman–Crippen LogP) is 5.55. The molecule has 0 atom stereocenters. The Bertz CT molecular complexity index is 875. The smallest absolute Gasteiger partial charge is 0.219 e. The third-order valence-electron chi connectivity index (χ3n) is 3.78. The van der Waals surface area contributed by atoms with Gasteiger partial charge in [-0.15, -0.1) is 0 Å². The average molecular weight is 336 g/mol. The quantitative estimate of drug-likeness (QED) is 0.640. The van der Waals surface area contributed by atoms with Gasteiger partial charge in [0.1, 0.15) is 11.5 Å². The van der Waals surface area contributed by atoms with Crippen molar-refractivity contribution in [3.8, 4) is 17.4 Å². The van der Waals surface area contributed by atoms with Crippen molar-refractivity contribution in [3.63, 3.8) is 0 Å². The molecule has 25 heavy (non-hydrogen) atoms. The first kappa shape index (κ1) is 17.1. The number of benzene rings is 2. The van der Waals surface area contributed by atoms with Crippen LogP contribution in [0.25, 0.3) is 10.9 Å². The number of ether oxygens (including phenoxy) is 2. The molecule has 0 unspecified atom stereocenters. The number of hydrogen-bond donors (Lipinski definition) is 1. The lowest BCUT2D eigenvalue weighted by atomic mass is 10.2. The van der Waals surface area contributed by atoms with Gasteiger partial charge in [-0.1, -0.05) is 0 Å². The van der Waals surface area contributed by atoms with Crippen molar-refractivity contribution in [1.82, 2.24) is 4.98 Å². The molecule has 130 valence electrons. The minimum absolute atomic E-state index is 0.153. The van der Waals surface area contributed by atoms with Crippen LogP contribution in [0, 0.1) is 6.92 Å². The summed E-state index contributed by atoms with van der Waals surface area (Å²) in [5, 5.41) is 4.40. The van der Waals surface area contributed by atoms with E-state index in [2.05, 4.69) is 23.3 Å². The first-order valence-corrected chi connectivity index (χ1v) is 8.65. The summed E-state index contributed by atoms with van der Waals surface area (Å²) in [5.41, 5.74) is 3.03. The minimum atomic E-state index is 0.153. The van der Waals surface area contributed by atoms with Gasteiger partial charge in [0, 0.05) is 23.7 Å². The number of hydrogen-bond acceptors (Lipinski definition) is 4. The second-order valence-electron chi connectivity index (χ2n) is 6.28. The van der Waals surface area contributed by atoms with Gasteiger partial charge < -0.3 is 14.8 Å². The van der Waals surface area contributed by atoms with Crippen LogP contribution >= 0.6 is 0 Å². The van der Waals surface area contributed by atoms with Crippen LogP contribution in [0.3, 0.4) is 0 Å². The maximum atomic E-state index is 5.97. The molecule has 1 N–H and O–H groups in total. The fourth-order valence-electron chi connectivity index (χ4n) is 2.67. The molecule has 0 aliphatic carbocycles. The molecule has 0 amide bonds. The van der Waals surface area contributed by atoms with E-state index in [0.717, 1.165) is 40.2 Å². The van der Waals surface area contributed by atoms with Crippen molar-refractivity contribution in [3.05, 3.63) is 54.1 Å². The second-order valence-corrected chi connectivity index (χ2v) is 6.28. The second kappa shape index (κ2) is 7.43. The molecule has 0 saturated carbocycles. The molecule has 0 fully saturated rings. The summed E-state index contributed by atoms with van der Waals surface area (Å²) in [7, 11) is 0. The number of nitrogens with zero attached hydrogens (tertiary/aromatic N) is 1. The van der Waals surface area contributed by atoms with Gasteiger partial charge in [0.2, 0.25) is 5.88 Å². The molecule has 3 rings (SSSR count). The molecule has 0 aliphatic heterocycles. The summed E-state index contributed by atoms with van der Waals surface area (Å²) in [5.74, 6) is 2.22.